The maximum atomic E-state index is 12.6. The van der Waals surface area contributed by atoms with Gasteiger partial charge in [-0.15, -0.1) is 0 Å². The highest BCUT2D eigenvalue weighted by Crippen LogP contribution is 2.31. The first-order chi connectivity index (χ1) is 10.1. The fourth-order valence-electron chi connectivity index (χ4n) is 2.50. The molecule has 0 fully saturated rings. The SMILES string of the molecule is CC(=O)c1c(O)c(-c2ccccc2)c(=O)n2ccccc12. The minimum Gasteiger partial charge on any atom is -0.506 e. The molecule has 0 unspecified atom stereocenters. The summed E-state index contributed by atoms with van der Waals surface area (Å²) in [6.45, 7) is 1.38. The normalized spacial score (nSPS) is 10.7. The second-order valence-corrected chi connectivity index (χ2v) is 4.78. The van der Waals surface area contributed by atoms with Crippen molar-refractivity contribution in [1.29, 1.82) is 0 Å². The first-order valence-corrected chi connectivity index (χ1v) is 6.54. The molecule has 0 aliphatic carbocycles. The third-order valence-corrected chi connectivity index (χ3v) is 3.44. The molecule has 4 nitrogen and oxygen atoms in total. The molecule has 104 valence electrons. The number of ketones is 1. The van der Waals surface area contributed by atoms with Crippen LogP contribution >= 0.6 is 0 Å². The second kappa shape index (κ2) is 4.90. The molecule has 0 saturated heterocycles. The monoisotopic (exact) mass is 279 g/mol. The van der Waals surface area contributed by atoms with Gasteiger partial charge in [0, 0.05) is 6.20 Å². The van der Waals surface area contributed by atoms with Gasteiger partial charge in [0.25, 0.3) is 5.56 Å². The molecule has 2 heterocycles. The summed E-state index contributed by atoms with van der Waals surface area (Å²) in [5.41, 5.74) is 0.950. The fourth-order valence-corrected chi connectivity index (χ4v) is 2.50. The molecule has 1 N–H and O–H groups in total. The minimum atomic E-state index is -0.348. The summed E-state index contributed by atoms with van der Waals surface area (Å²) in [5.74, 6) is -0.543. The van der Waals surface area contributed by atoms with Crippen molar-refractivity contribution in [2.45, 2.75) is 6.92 Å². The molecule has 0 radical (unpaired) electrons. The van der Waals surface area contributed by atoms with Gasteiger partial charge in [0.05, 0.1) is 16.6 Å². The van der Waals surface area contributed by atoms with Gasteiger partial charge in [0.2, 0.25) is 0 Å². The number of pyridine rings is 2. The number of carbonyl (C=O) groups is 1. The summed E-state index contributed by atoms with van der Waals surface area (Å²) < 4.78 is 1.39. The lowest BCUT2D eigenvalue weighted by Gasteiger charge is -2.12. The summed E-state index contributed by atoms with van der Waals surface area (Å²) in [5, 5.41) is 10.5. The van der Waals surface area contributed by atoms with Crippen molar-refractivity contribution in [3.63, 3.8) is 0 Å². The Hall–Kier alpha value is -2.88. The topological polar surface area (TPSA) is 58.8 Å². The van der Waals surface area contributed by atoms with Crippen molar-refractivity contribution in [2.75, 3.05) is 0 Å². The third kappa shape index (κ3) is 2.01. The summed E-state index contributed by atoms with van der Waals surface area (Å²) in [6, 6.07) is 13.9. The largest absolute Gasteiger partial charge is 0.506 e. The highest BCUT2D eigenvalue weighted by molar-refractivity contribution is 6.05. The van der Waals surface area contributed by atoms with Gasteiger partial charge >= 0.3 is 0 Å². The quantitative estimate of drug-likeness (QED) is 0.734. The second-order valence-electron chi connectivity index (χ2n) is 4.78. The minimum absolute atomic E-state index is 0.143. The van der Waals surface area contributed by atoms with Crippen LogP contribution in [0.3, 0.4) is 0 Å². The highest BCUT2D eigenvalue weighted by atomic mass is 16.3. The molecular formula is C17H13NO3. The van der Waals surface area contributed by atoms with Gasteiger partial charge in [0.15, 0.2) is 5.78 Å². The van der Waals surface area contributed by atoms with Crippen LogP contribution in [0.25, 0.3) is 16.6 Å². The van der Waals surface area contributed by atoms with Crippen LogP contribution in [0.4, 0.5) is 0 Å². The van der Waals surface area contributed by atoms with E-state index in [-0.39, 0.29) is 28.2 Å². The Morgan fingerprint density at radius 1 is 1.05 bits per heavy atom. The predicted octanol–water partition coefficient (Wildman–Crippen LogP) is 2.87. The van der Waals surface area contributed by atoms with Crippen LogP contribution in [-0.2, 0) is 0 Å². The summed E-state index contributed by atoms with van der Waals surface area (Å²) >= 11 is 0. The first kappa shape index (κ1) is 13.1. The van der Waals surface area contributed by atoms with Gasteiger partial charge in [-0.05, 0) is 24.6 Å². The molecule has 4 heteroatoms. The van der Waals surface area contributed by atoms with Gasteiger partial charge < -0.3 is 5.11 Å². The predicted molar refractivity (Wildman–Crippen MR) is 80.8 cm³/mol. The van der Waals surface area contributed by atoms with Crippen molar-refractivity contribution >= 4 is 11.3 Å². The van der Waals surface area contributed by atoms with Crippen molar-refractivity contribution in [3.05, 3.63) is 70.6 Å². The Morgan fingerprint density at radius 3 is 2.38 bits per heavy atom. The lowest BCUT2D eigenvalue weighted by Crippen LogP contribution is -2.18. The molecule has 0 aliphatic rings. The van der Waals surface area contributed by atoms with Crippen LogP contribution in [0.2, 0.25) is 0 Å². The van der Waals surface area contributed by atoms with Crippen LogP contribution in [0.5, 0.6) is 5.75 Å². The van der Waals surface area contributed by atoms with Crippen LogP contribution in [-0.4, -0.2) is 15.3 Å². The molecule has 3 rings (SSSR count). The van der Waals surface area contributed by atoms with Crippen molar-refractivity contribution in [2.24, 2.45) is 0 Å². The van der Waals surface area contributed by atoms with Gasteiger partial charge in [0.1, 0.15) is 5.75 Å². The highest BCUT2D eigenvalue weighted by Gasteiger charge is 2.20. The Labute approximate surface area is 120 Å². The van der Waals surface area contributed by atoms with Crippen LogP contribution < -0.4 is 5.56 Å². The molecule has 0 atom stereocenters. The molecule has 0 aliphatic heterocycles. The number of Topliss-reactive ketones (excluding diaryl/α,β-unsaturated/α-hetero) is 1. The lowest BCUT2D eigenvalue weighted by molar-refractivity contribution is 0.101. The Bertz CT molecular complexity index is 895. The van der Waals surface area contributed by atoms with Gasteiger partial charge in [-0.25, -0.2) is 0 Å². The van der Waals surface area contributed by atoms with E-state index in [4.69, 9.17) is 0 Å². The zero-order valence-electron chi connectivity index (χ0n) is 11.4. The number of aromatic hydroxyl groups is 1. The van der Waals surface area contributed by atoms with Crippen molar-refractivity contribution in [3.8, 4) is 16.9 Å². The summed E-state index contributed by atoms with van der Waals surface area (Å²) in [4.78, 5) is 24.5. The Balaban J connectivity index is 2.52. The van der Waals surface area contributed by atoms with Crippen LogP contribution in [0.1, 0.15) is 17.3 Å². The van der Waals surface area contributed by atoms with E-state index in [0.29, 0.717) is 11.1 Å². The molecule has 2 aromatic heterocycles. The van der Waals surface area contributed by atoms with Gasteiger partial charge in [-0.1, -0.05) is 36.4 Å². The van der Waals surface area contributed by atoms with E-state index in [1.54, 1.807) is 48.7 Å². The van der Waals surface area contributed by atoms with E-state index in [0.717, 1.165) is 0 Å². The third-order valence-electron chi connectivity index (χ3n) is 3.44. The molecule has 1 aromatic carbocycles. The maximum absolute atomic E-state index is 12.6. The maximum Gasteiger partial charge on any atom is 0.266 e. The average Bonchev–Trinajstić information content (AvgIpc) is 2.48. The van der Waals surface area contributed by atoms with E-state index < -0.39 is 0 Å². The van der Waals surface area contributed by atoms with Crippen molar-refractivity contribution < 1.29 is 9.90 Å². The molecule has 3 aromatic rings. The number of fused-ring (bicyclic) bond motifs is 1. The standard InChI is InChI=1S/C17H13NO3/c1-11(19)14-13-9-5-6-10-18(13)17(21)15(16(14)20)12-7-3-2-4-8-12/h2-10,20H,1H3. The van der Waals surface area contributed by atoms with Crippen LogP contribution in [0, 0.1) is 0 Å². The summed E-state index contributed by atoms with van der Waals surface area (Å²) in [7, 11) is 0. The Morgan fingerprint density at radius 2 is 1.71 bits per heavy atom. The first-order valence-electron chi connectivity index (χ1n) is 6.54. The number of rotatable bonds is 2. The number of hydrogen-bond donors (Lipinski definition) is 1. The van der Waals surface area contributed by atoms with Gasteiger partial charge in [-0.3, -0.25) is 14.0 Å². The van der Waals surface area contributed by atoms with Crippen molar-refractivity contribution in [1.82, 2.24) is 4.40 Å². The number of carbonyl (C=O) groups excluding carboxylic acids is 1. The van der Waals surface area contributed by atoms with Gasteiger partial charge in [-0.2, -0.15) is 0 Å². The molecule has 0 amide bonds. The number of benzene rings is 1. The molecule has 0 bridgehead atoms. The van der Waals surface area contributed by atoms with E-state index >= 15 is 0 Å². The lowest BCUT2D eigenvalue weighted by atomic mass is 10.0. The van der Waals surface area contributed by atoms with E-state index in [1.807, 2.05) is 6.07 Å². The Kier molecular flexibility index (Phi) is 3.06. The summed E-state index contributed by atoms with van der Waals surface area (Å²) in [6.07, 6.45) is 1.59. The zero-order valence-corrected chi connectivity index (χ0v) is 11.4. The van der Waals surface area contributed by atoms with E-state index in [2.05, 4.69) is 0 Å². The number of aromatic nitrogens is 1. The smallest absolute Gasteiger partial charge is 0.266 e. The fraction of sp³-hybridized carbons (Fsp3) is 0.0588. The average molecular weight is 279 g/mol. The van der Waals surface area contributed by atoms with E-state index in [9.17, 15) is 14.7 Å². The number of nitrogens with zero attached hydrogens (tertiary/aromatic N) is 1. The van der Waals surface area contributed by atoms with Crippen LogP contribution in [0.15, 0.2) is 59.5 Å². The number of hydrogen-bond acceptors (Lipinski definition) is 3. The van der Waals surface area contributed by atoms with E-state index in [1.165, 1.54) is 11.3 Å². The molecule has 0 saturated carbocycles. The molecular weight excluding hydrogens is 266 g/mol. The molecule has 21 heavy (non-hydrogen) atoms. The zero-order chi connectivity index (χ0) is 15.0. The molecule has 0 spiro atoms.